The molecule has 0 radical (unpaired) electrons. The Kier molecular flexibility index (Phi) is 7.23. The second kappa shape index (κ2) is 10.3. The van der Waals surface area contributed by atoms with Crippen LogP contribution in [0.1, 0.15) is 29.9 Å². The van der Waals surface area contributed by atoms with Crippen LogP contribution in [0.5, 0.6) is 0 Å². The molecule has 2 aliphatic carbocycles. The van der Waals surface area contributed by atoms with Gasteiger partial charge in [0, 0.05) is 18.4 Å². The van der Waals surface area contributed by atoms with Crippen molar-refractivity contribution in [3.8, 4) is 11.1 Å². The van der Waals surface area contributed by atoms with Crippen molar-refractivity contribution in [2.75, 3.05) is 25.2 Å². The van der Waals surface area contributed by atoms with Crippen LogP contribution in [-0.2, 0) is 14.3 Å². The second-order valence-electron chi connectivity index (χ2n) is 8.49. The van der Waals surface area contributed by atoms with Gasteiger partial charge >= 0.3 is 12.1 Å². The molecule has 8 heteroatoms. The highest BCUT2D eigenvalue weighted by atomic mass is 32.2. The molecule has 4 rings (SSSR count). The fourth-order valence-electron chi connectivity index (χ4n) is 4.43. The van der Waals surface area contributed by atoms with Gasteiger partial charge in [0.2, 0.25) is 5.91 Å². The number of carboxylic acids is 1. The molecule has 1 fully saturated rings. The van der Waals surface area contributed by atoms with Gasteiger partial charge in [0.1, 0.15) is 12.6 Å². The standard InChI is InChI=1S/C25H28N2O5S/c1-33-11-10-22(24(29)30)27-23(28)20-12-15(20)13-26-25(31)32-14-21-18-8-4-2-6-16(18)17-7-3-5-9-19(17)21/h2-9,15,20-22H,10-14H2,1H3,(H,26,31)(H,27,28)(H,29,30)/t15?,20?,22-/m0/s1. The first-order valence-corrected chi connectivity index (χ1v) is 12.5. The average molecular weight is 469 g/mol. The number of hydrogen-bond acceptors (Lipinski definition) is 5. The molecule has 2 aromatic carbocycles. The van der Waals surface area contributed by atoms with E-state index in [4.69, 9.17) is 4.74 Å². The predicted molar refractivity (Wildman–Crippen MR) is 127 cm³/mol. The molecule has 3 atom stereocenters. The lowest BCUT2D eigenvalue weighted by molar-refractivity contribution is -0.142. The predicted octanol–water partition coefficient (Wildman–Crippen LogP) is 3.48. The van der Waals surface area contributed by atoms with E-state index in [9.17, 15) is 19.5 Å². The van der Waals surface area contributed by atoms with Gasteiger partial charge in [-0.1, -0.05) is 48.5 Å². The summed E-state index contributed by atoms with van der Waals surface area (Å²) in [5.74, 6) is -0.893. The number of ether oxygens (including phenoxy) is 1. The quantitative estimate of drug-likeness (QED) is 0.493. The maximum absolute atomic E-state index is 12.3. The van der Waals surface area contributed by atoms with Crippen molar-refractivity contribution in [1.29, 1.82) is 0 Å². The number of benzene rings is 2. The van der Waals surface area contributed by atoms with Gasteiger partial charge in [0.05, 0.1) is 0 Å². The van der Waals surface area contributed by atoms with E-state index in [2.05, 4.69) is 34.9 Å². The van der Waals surface area contributed by atoms with Crippen LogP contribution in [-0.4, -0.2) is 54.3 Å². The molecule has 174 valence electrons. The molecule has 2 aliphatic rings. The van der Waals surface area contributed by atoms with Crippen molar-refractivity contribution >= 4 is 29.7 Å². The summed E-state index contributed by atoms with van der Waals surface area (Å²) < 4.78 is 5.52. The van der Waals surface area contributed by atoms with Crippen LogP contribution in [0.4, 0.5) is 4.79 Å². The Morgan fingerprint density at radius 3 is 2.33 bits per heavy atom. The van der Waals surface area contributed by atoms with Gasteiger partial charge in [0.15, 0.2) is 0 Å². The molecule has 0 aliphatic heterocycles. The Morgan fingerprint density at radius 1 is 1.09 bits per heavy atom. The van der Waals surface area contributed by atoms with E-state index in [0.29, 0.717) is 25.1 Å². The zero-order valence-corrected chi connectivity index (χ0v) is 19.3. The van der Waals surface area contributed by atoms with E-state index >= 15 is 0 Å². The number of carbonyl (C=O) groups excluding carboxylic acids is 2. The minimum absolute atomic E-state index is 0.000442. The zero-order valence-electron chi connectivity index (χ0n) is 18.5. The minimum Gasteiger partial charge on any atom is -0.480 e. The average Bonchev–Trinajstić information content (AvgIpc) is 3.54. The molecule has 0 saturated heterocycles. The molecule has 0 spiro atoms. The molecule has 2 aromatic rings. The van der Waals surface area contributed by atoms with Gasteiger partial charge in [-0.25, -0.2) is 9.59 Å². The van der Waals surface area contributed by atoms with Gasteiger partial charge in [-0.2, -0.15) is 11.8 Å². The van der Waals surface area contributed by atoms with Gasteiger partial charge in [-0.15, -0.1) is 0 Å². The Morgan fingerprint density at radius 2 is 1.73 bits per heavy atom. The monoisotopic (exact) mass is 468 g/mol. The molecule has 3 N–H and O–H groups in total. The highest BCUT2D eigenvalue weighted by molar-refractivity contribution is 7.98. The normalized spacial score (nSPS) is 19.2. The second-order valence-corrected chi connectivity index (χ2v) is 9.48. The van der Waals surface area contributed by atoms with Crippen LogP contribution in [0.15, 0.2) is 48.5 Å². The molecule has 7 nitrogen and oxygen atoms in total. The summed E-state index contributed by atoms with van der Waals surface area (Å²) >= 11 is 1.54. The summed E-state index contributed by atoms with van der Waals surface area (Å²) in [5.41, 5.74) is 4.65. The first-order chi connectivity index (χ1) is 16.0. The third-order valence-corrected chi connectivity index (χ3v) is 6.98. The third-order valence-electron chi connectivity index (χ3n) is 6.34. The van der Waals surface area contributed by atoms with Gasteiger partial charge in [-0.3, -0.25) is 4.79 Å². The Labute approximate surface area is 197 Å². The van der Waals surface area contributed by atoms with Crippen LogP contribution in [0.2, 0.25) is 0 Å². The van der Waals surface area contributed by atoms with Crippen LogP contribution in [0.25, 0.3) is 11.1 Å². The highest BCUT2D eigenvalue weighted by Gasteiger charge is 2.44. The maximum Gasteiger partial charge on any atom is 0.407 e. The summed E-state index contributed by atoms with van der Waals surface area (Å²) in [6.45, 7) is 0.571. The highest BCUT2D eigenvalue weighted by Crippen LogP contribution is 2.44. The van der Waals surface area contributed by atoms with Gasteiger partial charge < -0.3 is 20.5 Å². The van der Waals surface area contributed by atoms with Crippen molar-refractivity contribution in [2.24, 2.45) is 11.8 Å². The van der Waals surface area contributed by atoms with E-state index in [1.807, 2.05) is 30.5 Å². The summed E-state index contributed by atoms with van der Waals surface area (Å²) in [5, 5.41) is 14.6. The maximum atomic E-state index is 12.3. The first-order valence-electron chi connectivity index (χ1n) is 11.1. The van der Waals surface area contributed by atoms with Gasteiger partial charge in [0.25, 0.3) is 0 Å². The molecular formula is C25H28N2O5S. The van der Waals surface area contributed by atoms with Crippen molar-refractivity contribution in [1.82, 2.24) is 10.6 Å². The third kappa shape index (κ3) is 5.33. The summed E-state index contributed by atoms with van der Waals surface area (Å²) in [4.78, 5) is 36.0. The number of carboxylic acid groups (broad SMARTS) is 1. The van der Waals surface area contributed by atoms with Crippen LogP contribution < -0.4 is 10.6 Å². The Balaban J connectivity index is 1.24. The number of fused-ring (bicyclic) bond motifs is 3. The zero-order chi connectivity index (χ0) is 23.4. The molecule has 33 heavy (non-hydrogen) atoms. The number of aliphatic carboxylic acids is 1. The molecule has 2 amide bonds. The SMILES string of the molecule is CSCC[C@H](NC(=O)C1CC1CNC(=O)OCC1c2ccccc2-c2ccccc21)C(=O)O. The van der Waals surface area contributed by atoms with Crippen LogP contribution in [0, 0.1) is 11.8 Å². The smallest absolute Gasteiger partial charge is 0.407 e. The van der Waals surface area contributed by atoms with E-state index in [-0.39, 0.29) is 30.3 Å². The van der Waals surface area contributed by atoms with Gasteiger partial charge in [-0.05, 0) is 53.0 Å². The number of alkyl carbamates (subject to hydrolysis) is 1. The summed E-state index contributed by atoms with van der Waals surface area (Å²) in [7, 11) is 0. The van der Waals surface area contributed by atoms with Crippen LogP contribution >= 0.6 is 11.8 Å². The fraction of sp³-hybridized carbons (Fsp3) is 0.400. The van der Waals surface area contributed by atoms with Crippen molar-refractivity contribution < 1.29 is 24.2 Å². The van der Waals surface area contributed by atoms with Crippen LogP contribution in [0.3, 0.4) is 0 Å². The molecule has 0 heterocycles. The Hall–Kier alpha value is -3.00. The molecule has 1 saturated carbocycles. The lowest BCUT2D eigenvalue weighted by atomic mass is 9.98. The number of thioether (sulfide) groups is 1. The van der Waals surface area contributed by atoms with E-state index in [1.54, 1.807) is 11.8 Å². The molecular weight excluding hydrogens is 440 g/mol. The topological polar surface area (TPSA) is 105 Å². The van der Waals surface area contributed by atoms with Crippen molar-refractivity contribution in [3.63, 3.8) is 0 Å². The lowest BCUT2D eigenvalue weighted by Crippen LogP contribution is -2.42. The van der Waals surface area contributed by atoms with E-state index in [1.165, 1.54) is 11.1 Å². The minimum atomic E-state index is -1.02. The fourth-order valence-corrected chi connectivity index (χ4v) is 4.90. The number of rotatable bonds is 10. The molecule has 2 unspecified atom stereocenters. The first kappa shape index (κ1) is 23.2. The number of carbonyl (C=O) groups is 3. The summed E-state index contributed by atoms with van der Waals surface area (Å²) in [6, 6.07) is 15.4. The Bertz CT molecular complexity index is 997. The van der Waals surface area contributed by atoms with E-state index < -0.39 is 18.1 Å². The molecule has 0 aromatic heterocycles. The van der Waals surface area contributed by atoms with E-state index in [0.717, 1.165) is 11.1 Å². The molecule has 0 bridgehead atoms. The lowest BCUT2D eigenvalue weighted by Gasteiger charge is -2.15. The summed E-state index contributed by atoms with van der Waals surface area (Å²) in [6.07, 6.45) is 2.40. The number of amides is 2. The number of hydrogen-bond donors (Lipinski definition) is 3. The van der Waals surface area contributed by atoms with Crippen molar-refractivity contribution in [2.45, 2.75) is 24.8 Å². The van der Waals surface area contributed by atoms with Crippen molar-refractivity contribution in [3.05, 3.63) is 59.7 Å². The number of nitrogens with one attached hydrogen (secondary N) is 2. The largest absolute Gasteiger partial charge is 0.480 e.